The Kier molecular flexibility index (Phi) is 6.04. The summed E-state index contributed by atoms with van der Waals surface area (Å²) in [4.78, 5) is 22.9. The van der Waals surface area contributed by atoms with E-state index >= 15 is 0 Å². The van der Waals surface area contributed by atoms with E-state index in [-0.39, 0.29) is 10.8 Å². The number of nitrogens with one attached hydrogen (secondary N) is 1. The van der Waals surface area contributed by atoms with E-state index in [1.54, 1.807) is 24.1 Å². The molecule has 8 nitrogen and oxygen atoms in total. The number of H-pyrrole nitrogens is 1. The lowest BCUT2D eigenvalue weighted by Crippen LogP contribution is -2.32. The monoisotopic (exact) mass is 491 g/mol. The molecule has 0 saturated heterocycles. The van der Waals surface area contributed by atoms with Crippen LogP contribution < -0.4 is 4.74 Å². The van der Waals surface area contributed by atoms with Crippen molar-refractivity contribution in [3.63, 3.8) is 0 Å². The number of benzene rings is 3. The topological polar surface area (TPSA) is 102 Å². The molecule has 0 spiro atoms. The fourth-order valence-electron chi connectivity index (χ4n) is 4.22. The number of amides is 1. The van der Waals surface area contributed by atoms with Crippen LogP contribution >= 0.6 is 0 Å². The molecule has 0 unspecified atom stereocenters. The van der Waals surface area contributed by atoms with Gasteiger partial charge in [-0.2, -0.15) is 0 Å². The zero-order valence-corrected chi connectivity index (χ0v) is 20.3. The summed E-state index contributed by atoms with van der Waals surface area (Å²) in [5.74, 6) is 1.35. The number of rotatable bonds is 5. The normalized spacial score (nSPS) is 13.8. The standard InChI is InChI=1S/C26H25N3O5S/c1-33-16-25-27-22-9-5-19(14-23(22)28-25)18-6-10-24-20(13-18)15-29(11-12-34-24)26(30)17-3-7-21(8-4-17)35(2,31)32/h3-10,13-14H,11-12,15-16H2,1-2H3,(H,27,28). The summed E-state index contributed by atoms with van der Waals surface area (Å²) in [6.07, 6.45) is 1.15. The summed E-state index contributed by atoms with van der Waals surface area (Å²) >= 11 is 0. The van der Waals surface area contributed by atoms with Crippen molar-refractivity contribution >= 4 is 26.8 Å². The predicted molar refractivity (Wildman–Crippen MR) is 132 cm³/mol. The van der Waals surface area contributed by atoms with Crippen molar-refractivity contribution in [2.75, 3.05) is 26.5 Å². The quantitative estimate of drug-likeness (QED) is 0.456. The predicted octanol–water partition coefficient (Wildman–Crippen LogP) is 3.81. The minimum absolute atomic E-state index is 0.170. The number of ether oxygens (including phenoxy) is 2. The molecule has 0 radical (unpaired) electrons. The largest absolute Gasteiger partial charge is 0.491 e. The molecule has 1 aromatic heterocycles. The SMILES string of the molecule is COCc1nc2ccc(-c3ccc4c(c3)CN(C(=O)c3ccc(S(C)(=O)=O)cc3)CCO4)cc2[nH]1. The summed E-state index contributed by atoms with van der Waals surface area (Å²) in [5, 5.41) is 0. The molecule has 9 heteroatoms. The number of hydrogen-bond acceptors (Lipinski definition) is 6. The Morgan fingerprint density at radius 3 is 2.57 bits per heavy atom. The molecular weight excluding hydrogens is 466 g/mol. The molecule has 1 amide bonds. The van der Waals surface area contributed by atoms with Crippen molar-refractivity contribution in [1.82, 2.24) is 14.9 Å². The first kappa shape index (κ1) is 23.1. The minimum Gasteiger partial charge on any atom is -0.491 e. The fourth-order valence-corrected chi connectivity index (χ4v) is 4.85. The van der Waals surface area contributed by atoms with E-state index < -0.39 is 9.84 Å². The highest BCUT2D eigenvalue weighted by molar-refractivity contribution is 7.90. The maximum atomic E-state index is 13.2. The van der Waals surface area contributed by atoms with Gasteiger partial charge in [0.2, 0.25) is 0 Å². The second-order valence-electron chi connectivity index (χ2n) is 8.54. The summed E-state index contributed by atoms with van der Waals surface area (Å²) in [5.41, 5.74) is 5.17. The molecule has 0 atom stereocenters. The third kappa shape index (κ3) is 4.78. The Balaban J connectivity index is 1.41. The van der Waals surface area contributed by atoms with Gasteiger partial charge in [0.05, 0.1) is 22.5 Å². The lowest BCUT2D eigenvalue weighted by atomic mass is 10.0. The Labute approximate surface area is 203 Å². The first-order valence-electron chi connectivity index (χ1n) is 11.1. The molecule has 0 saturated carbocycles. The van der Waals surface area contributed by atoms with Gasteiger partial charge in [0.15, 0.2) is 9.84 Å². The fraction of sp³-hybridized carbons (Fsp3) is 0.231. The van der Waals surface area contributed by atoms with Gasteiger partial charge >= 0.3 is 0 Å². The molecular formula is C26H25N3O5S. The van der Waals surface area contributed by atoms with E-state index in [4.69, 9.17) is 9.47 Å². The number of imidazole rings is 1. The molecule has 2 heterocycles. The molecule has 1 aliphatic rings. The van der Waals surface area contributed by atoms with Crippen molar-refractivity contribution < 1.29 is 22.7 Å². The van der Waals surface area contributed by atoms with Gasteiger partial charge in [-0.25, -0.2) is 13.4 Å². The molecule has 4 aromatic rings. The number of carbonyl (C=O) groups excluding carboxylic acids is 1. The average molecular weight is 492 g/mol. The van der Waals surface area contributed by atoms with Crippen molar-refractivity contribution in [3.05, 3.63) is 77.6 Å². The molecule has 0 aliphatic carbocycles. The van der Waals surface area contributed by atoms with Gasteiger partial charge in [0, 0.05) is 31.0 Å². The minimum atomic E-state index is -3.32. The van der Waals surface area contributed by atoms with E-state index in [0.29, 0.717) is 31.9 Å². The zero-order valence-electron chi connectivity index (χ0n) is 19.4. The highest BCUT2D eigenvalue weighted by atomic mass is 32.2. The smallest absolute Gasteiger partial charge is 0.254 e. The van der Waals surface area contributed by atoms with Crippen LogP contribution in [0.1, 0.15) is 21.7 Å². The summed E-state index contributed by atoms with van der Waals surface area (Å²) in [7, 11) is -1.69. The van der Waals surface area contributed by atoms with Gasteiger partial charge in [-0.05, 0) is 59.7 Å². The first-order valence-corrected chi connectivity index (χ1v) is 13.0. The van der Waals surface area contributed by atoms with Crippen molar-refractivity contribution in [1.29, 1.82) is 0 Å². The number of sulfone groups is 1. The maximum absolute atomic E-state index is 13.2. The van der Waals surface area contributed by atoms with Gasteiger partial charge in [0.1, 0.15) is 24.8 Å². The summed E-state index contributed by atoms with van der Waals surface area (Å²) in [6.45, 7) is 1.61. The number of hydrogen-bond donors (Lipinski definition) is 1. The Morgan fingerprint density at radius 1 is 1.09 bits per heavy atom. The maximum Gasteiger partial charge on any atom is 0.254 e. The average Bonchev–Trinajstić information content (AvgIpc) is 3.12. The number of aromatic amines is 1. The van der Waals surface area contributed by atoms with E-state index in [2.05, 4.69) is 9.97 Å². The van der Waals surface area contributed by atoms with Crippen LogP contribution in [0.5, 0.6) is 5.75 Å². The van der Waals surface area contributed by atoms with Crippen molar-refractivity contribution in [3.8, 4) is 16.9 Å². The van der Waals surface area contributed by atoms with Crippen LogP contribution in [0.4, 0.5) is 0 Å². The Morgan fingerprint density at radius 2 is 1.83 bits per heavy atom. The van der Waals surface area contributed by atoms with Crippen molar-refractivity contribution in [2.45, 2.75) is 18.0 Å². The molecule has 35 heavy (non-hydrogen) atoms. The third-order valence-corrected chi connectivity index (χ3v) is 7.13. The lowest BCUT2D eigenvalue weighted by Gasteiger charge is -2.20. The Bertz CT molecular complexity index is 1510. The number of fused-ring (bicyclic) bond motifs is 2. The molecule has 1 N–H and O–H groups in total. The number of aromatic nitrogens is 2. The molecule has 0 bridgehead atoms. The van der Waals surface area contributed by atoms with Crippen LogP contribution in [0.25, 0.3) is 22.2 Å². The second kappa shape index (κ2) is 9.16. The highest BCUT2D eigenvalue weighted by Crippen LogP contribution is 2.31. The first-order chi connectivity index (χ1) is 16.8. The number of carbonyl (C=O) groups is 1. The molecule has 1 aliphatic heterocycles. The van der Waals surface area contributed by atoms with Gasteiger partial charge in [-0.15, -0.1) is 0 Å². The van der Waals surface area contributed by atoms with Crippen LogP contribution in [0.15, 0.2) is 65.6 Å². The molecule has 0 fully saturated rings. The van der Waals surface area contributed by atoms with Crippen LogP contribution in [-0.4, -0.2) is 55.7 Å². The van der Waals surface area contributed by atoms with Crippen LogP contribution in [0.3, 0.4) is 0 Å². The van der Waals surface area contributed by atoms with E-state index in [0.717, 1.165) is 45.6 Å². The molecule has 180 valence electrons. The van der Waals surface area contributed by atoms with E-state index in [1.165, 1.54) is 12.1 Å². The Hall–Kier alpha value is -3.69. The van der Waals surface area contributed by atoms with E-state index in [9.17, 15) is 13.2 Å². The lowest BCUT2D eigenvalue weighted by molar-refractivity contribution is 0.0733. The molecule has 5 rings (SSSR count). The highest BCUT2D eigenvalue weighted by Gasteiger charge is 2.22. The van der Waals surface area contributed by atoms with Crippen LogP contribution in [0, 0.1) is 0 Å². The third-order valence-electron chi connectivity index (χ3n) is 6.00. The number of nitrogens with zero attached hydrogens (tertiary/aromatic N) is 2. The van der Waals surface area contributed by atoms with Gasteiger partial charge < -0.3 is 19.4 Å². The van der Waals surface area contributed by atoms with E-state index in [1.807, 2.05) is 36.4 Å². The zero-order chi connectivity index (χ0) is 24.6. The van der Waals surface area contributed by atoms with Gasteiger partial charge in [-0.1, -0.05) is 12.1 Å². The van der Waals surface area contributed by atoms with Gasteiger partial charge in [0.25, 0.3) is 5.91 Å². The number of methoxy groups -OCH3 is 1. The van der Waals surface area contributed by atoms with Gasteiger partial charge in [-0.3, -0.25) is 4.79 Å². The summed E-state index contributed by atoms with van der Waals surface area (Å²) < 4.78 is 34.5. The molecule has 3 aromatic carbocycles. The summed E-state index contributed by atoms with van der Waals surface area (Å²) in [6, 6.07) is 18.1. The van der Waals surface area contributed by atoms with Crippen LogP contribution in [0.2, 0.25) is 0 Å². The van der Waals surface area contributed by atoms with Crippen molar-refractivity contribution in [2.24, 2.45) is 0 Å². The second-order valence-corrected chi connectivity index (χ2v) is 10.6. The van der Waals surface area contributed by atoms with Crippen LogP contribution in [-0.2, 0) is 27.7 Å².